The molecule has 0 radical (unpaired) electrons. The molecule has 1 atom stereocenters. The molecule has 3 nitrogen and oxygen atoms in total. The molecule has 2 rings (SSSR count). The van der Waals surface area contributed by atoms with Gasteiger partial charge in [-0.15, -0.1) is 0 Å². The van der Waals surface area contributed by atoms with Crippen LogP contribution in [0.3, 0.4) is 0 Å². The van der Waals surface area contributed by atoms with E-state index < -0.39 is 6.10 Å². The van der Waals surface area contributed by atoms with E-state index >= 15 is 0 Å². The van der Waals surface area contributed by atoms with Gasteiger partial charge in [0.05, 0.1) is 6.10 Å². The predicted molar refractivity (Wildman–Crippen MR) is 66.4 cm³/mol. The molecule has 1 heterocycles. The first-order valence-corrected chi connectivity index (χ1v) is 5.95. The molecule has 0 fully saturated rings. The lowest BCUT2D eigenvalue weighted by atomic mass is 10.1. The molecule has 1 aromatic heterocycles. The molecular formula is C11H10BrClN2O. The zero-order chi connectivity index (χ0) is 11.5. The summed E-state index contributed by atoms with van der Waals surface area (Å²) in [6.07, 6.45) is 3.20. The van der Waals surface area contributed by atoms with Crippen molar-refractivity contribution in [1.82, 2.24) is 9.97 Å². The second kappa shape index (κ2) is 4.99. The Labute approximate surface area is 107 Å². The fourth-order valence-electron chi connectivity index (χ4n) is 1.47. The maximum absolute atomic E-state index is 10.0. The SMILES string of the molecule is OC(Cc1ncc[nH]1)c1cc(Cl)ccc1Br. The van der Waals surface area contributed by atoms with Gasteiger partial charge in [0.15, 0.2) is 0 Å². The van der Waals surface area contributed by atoms with Gasteiger partial charge in [-0.2, -0.15) is 0 Å². The van der Waals surface area contributed by atoms with Crippen molar-refractivity contribution in [2.24, 2.45) is 0 Å². The molecule has 2 N–H and O–H groups in total. The fraction of sp³-hybridized carbons (Fsp3) is 0.182. The fourth-order valence-corrected chi connectivity index (χ4v) is 2.16. The third-order valence-electron chi connectivity index (χ3n) is 2.26. The standard InChI is InChI=1S/C11H10BrClN2O/c12-9-2-1-7(13)5-8(9)10(16)6-11-14-3-4-15-11/h1-5,10,16H,6H2,(H,14,15). The number of aromatic amines is 1. The highest BCUT2D eigenvalue weighted by Gasteiger charge is 2.13. The summed E-state index contributed by atoms with van der Waals surface area (Å²) in [5.41, 5.74) is 0.768. The molecule has 1 unspecified atom stereocenters. The van der Waals surface area contributed by atoms with Crippen LogP contribution < -0.4 is 0 Å². The molecule has 0 bridgehead atoms. The number of aromatic nitrogens is 2. The Morgan fingerprint density at radius 2 is 2.31 bits per heavy atom. The van der Waals surface area contributed by atoms with Gasteiger partial charge in [0.1, 0.15) is 5.82 Å². The zero-order valence-corrected chi connectivity index (χ0v) is 10.7. The number of hydrogen-bond donors (Lipinski definition) is 2. The van der Waals surface area contributed by atoms with Crippen molar-refractivity contribution < 1.29 is 5.11 Å². The molecule has 0 saturated heterocycles. The molecular weight excluding hydrogens is 291 g/mol. The highest BCUT2D eigenvalue weighted by Crippen LogP contribution is 2.28. The molecule has 84 valence electrons. The normalized spacial score (nSPS) is 12.7. The Hall–Kier alpha value is -0.840. The van der Waals surface area contributed by atoms with Crippen molar-refractivity contribution in [2.45, 2.75) is 12.5 Å². The summed E-state index contributed by atoms with van der Waals surface area (Å²) in [5, 5.41) is 10.7. The van der Waals surface area contributed by atoms with Crippen LogP contribution in [0.15, 0.2) is 35.1 Å². The lowest BCUT2D eigenvalue weighted by Crippen LogP contribution is -2.04. The molecule has 0 aliphatic heterocycles. The van der Waals surface area contributed by atoms with Gasteiger partial charge >= 0.3 is 0 Å². The third kappa shape index (κ3) is 2.64. The second-order valence-electron chi connectivity index (χ2n) is 3.42. The number of nitrogens with one attached hydrogen (secondary N) is 1. The summed E-state index contributed by atoms with van der Waals surface area (Å²) < 4.78 is 0.843. The topological polar surface area (TPSA) is 48.9 Å². The van der Waals surface area contributed by atoms with Crippen LogP contribution in [-0.4, -0.2) is 15.1 Å². The first-order chi connectivity index (χ1) is 7.66. The van der Waals surface area contributed by atoms with Gasteiger partial charge in [0, 0.05) is 28.3 Å². The smallest absolute Gasteiger partial charge is 0.108 e. The van der Waals surface area contributed by atoms with Crippen molar-refractivity contribution in [3.8, 4) is 0 Å². The highest BCUT2D eigenvalue weighted by atomic mass is 79.9. The molecule has 0 aliphatic carbocycles. The van der Waals surface area contributed by atoms with Gasteiger partial charge in [0.2, 0.25) is 0 Å². The lowest BCUT2D eigenvalue weighted by molar-refractivity contribution is 0.175. The van der Waals surface area contributed by atoms with Crippen LogP contribution in [0.25, 0.3) is 0 Å². The first kappa shape index (κ1) is 11.6. The molecule has 0 saturated carbocycles. The molecule has 1 aromatic carbocycles. The van der Waals surface area contributed by atoms with Crippen LogP contribution in [0.4, 0.5) is 0 Å². The summed E-state index contributed by atoms with van der Waals surface area (Å²) in [4.78, 5) is 7.02. The minimum atomic E-state index is -0.626. The molecule has 5 heteroatoms. The molecule has 0 spiro atoms. The van der Waals surface area contributed by atoms with Crippen LogP contribution in [-0.2, 0) is 6.42 Å². The van der Waals surface area contributed by atoms with E-state index in [1.807, 2.05) is 6.07 Å². The van der Waals surface area contributed by atoms with E-state index in [0.29, 0.717) is 11.4 Å². The van der Waals surface area contributed by atoms with Crippen molar-refractivity contribution >= 4 is 27.5 Å². The van der Waals surface area contributed by atoms with Gasteiger partial charge < -0.3 is 10.1 Å². The number of rotatable bonds is 3. The van der Waals surface area contributed by atoms with Crippen molar-refractivity contribution in [3.05, 3.63) is 51.5 Å². The van der Waals surface area contributed by atoms with Gasteiger partial charge in [0.25, 0.3) is 0 Å². The number of halogens is 2. The third-order valence-corrected chi connectivity index (χ3v) is 3.22. The zero-order valence-electron chi connectivity index (χ0n) is 8.32. The van der Waals surface area contributed by atoms with Gasteiger partial charge in [-0.1, -0.05) is 27.5 Å². The number of aliphatic hydroxyl groups is 1. The summed E-state index contributed by atoms with van der Waals surface area (Å²) in [6, 6.07) is 5.34. The van der Waals surface area contributed by atoms with Crippen molar-refractivity contribution in [1.29, 1.82) is 0 Å². The quantitative estimate of drug-likeness (QED) is 0.915. The summed E-state index contributed by atoms with van der Waals surface area (Å²) in [5.74, 6) is 0.749. The molecule has 0 amide bonds. The van der Waals surface area contributed by atoms with Gasteiger partial charge in [-0.05, 0) is 23.8 Å². The maximum atomic E-state index is 10.0. The summed E-state index contributed by atoms with van der Waals surface area (Å²) in [7, 11) is 0. The predicted octanol–water partition coefficient (Wildman–Crippen LogP) is 3.10. The first-order valence-electron chi connectivity index (χ1n) is 4.78. The van der Waals surface area contributed by atoms with E-state index in [4.69, 9.17) is 11.6 Å². The Morgan fingerprint density at radius 3 is 3.00 bits per heavy atom. The van der Waals surface area contributed by atoms with Crippen LogP contribution in [0, 0.1) is 0 Å². The van der Waals surface area contributed by atoms with E-state index in [1.165, 1.54) is 0 Å². The van der Waals surface area contributed by atoms with E-state index in [1.54, 1.807) is 24.5 Å². The second-order valence-corrected chi connectivity index (χ2v) is 4.71. The Bertz CT molecular complexity index is 473. The minimum Gasteiger partial charge on any atom is -0.388 e. The Kier molecular flexibility index (Phi) is 3.63. The van der Waals surface area contributed by atoms with Gasteiger partial charge in [-0.3, -0.25) is 0 Å². The molecule has 2 aromatic rings. The van der Waals surface area contributed by atoms with Crippen molar-refractivity contribution in [3.63, 3.8) is 0 Å². The number of H-pyrrole nitrogens is 1. The monoisotopic (exact) mass is 300 g/mol. The molecule has 16 heavy (non-hydrogen) atoms. The van der Waals surface area contributed by atoms with E-state index in [0.717, 1.165) is 15.9 Å². The Balaban J connectivity index is 2.20. The number of benzene rings is 1. The van der Waals surface area contributed by atoms with Gasteiger partial charge in [-0.25, -0.2) is 4.98 Å². The maximum Gasteiger partial charge on any atom is 0.108 e. The molecule has 0 aliphatic rings. The van der Waals surface area contributed by atoms with E-state index in [-0.39, 0.29) is 0 Å². The summed E-state index contributed by atoms with van der Waals surface area (Å²) >= 11 is 9.27. The number of hydrogen-bond acceptors (Lipinski definition) is 2. The van der Waals surface area contributed by atoms with Crippen LogP contribution >= 0.6 is 27.5 Å². The van der Waals surface area contributed by atoms with Crippen molar-refractivity contribution in [2.75, 3.05) is 0 Å². The van der Waals surface area contributed by atoms with Crippen LogP contribution in [0.1, 0.15) is 17.5 Å². The largest absolute Gasteiger partial charge is 0.388 e. The van der Waals surface area contributed by atoms with Crippen LogP contribution in [0.2, 0.25) is 5.02 Å². The lowest BCUT2D eigenvalue weighted by Gasteiger charge is -2.11. The average molecular weight is 302 g/mol. The number of nitrogens with zero attached hydrogens (tertiary/aromatic N) is 1. The summed E-state index contributed by atoms with van der Waals surface area (Å²) in [6.45, 7) is 0. The highest BCUT2D eigenvalue weighted by molar-refractivity contribution is 9.10. The number of aliphatic hydroxyl groups excluding tert-OH is 1. The minimum absolute atomic E-state index is 0.436. The average Bonchev–Trinajstić information content (AvgIpc) is 2.74. The van der Waals surface area contributed by atoms with E-state index in [9.17, 15) is 5.11 Å². The van der Waals surface area contributed by atoms with E-state index in [2.05, 4.69) is 25.9 Å². The van der Waals surface area contributed by atoms with Crippen LogP contribution in [0.5, 0.6) is 0 Å². The number of imidazole rings is 1. The Morgan fingerprint density at radius 1 is 1.50 bits per heavy atom.